The molecule has 0 aromatic carbocycles. The van der Waals surface area contributed by atoms with Crippen molar-refractivity contribution in [3.8, 4) is 0 Å². The van der Waals surface area contributed by atoms with Gasteiger partial charge in [-0.3, -0.25) is 19.2 Å². The van der Waals surface area contributed by atoms with Crippen LogP contribution in [-0.4, -0.2) is 59.8 Å². The van der Waals surface area contributed by atoms with E-state index in [0.29, 0.717) is 0 Å². The van der Waals surface area contributed by atoms with Gasteiger partial charge >= 0.3 is 17.9 Å². The van der Waals surface area contributed by atoms with E-state index < -0.39 is 53.2 Å². The Labute approximate surface area is 147 Å². The van der Waals surface area contributed by atoms with E-state index in [2.05, 4.69) is 21.2 Å². The van der Waals surface area contributed by atoms with Crippen LogP contribution in [0.3, 0.4) is 0 Å². The van der Waals surface area contributed by atoms with Crippen molar-refractivity contribution in [1.29, 1.82) is 0 Å². The topological polar surface area (TPSA) is 117 Å². The van der Waals surface area contributed by atoms with Crippen molar-refractivity contribution in [3.05, 3.63) is 0 Å². The van der Waals surface area contributed by atoms with Crippen LogP contribution < -0.4 is 5.32 Å². The van der Waals surface area contributed by atoms with Crippen LogP contribution in [0.5, 0.6) is 0 Å². The number of halogens is 1. The molecule has 1 N–H and O–H groups in total. The minimum Gasteiger partial charge on any atom is -0.463 e. The highest BCUT2D eigenvalue weighted by molar-refractivity contribution is 9.09. The Hall–Kier alpha value is -1.68. The van der Waals surface area contributed by atoms with E-state index in [1.165, 1.54) is 27.7 Å². The second kappa shape index (κ2) is 8.97. The van der Waals surface area contributed by atoms with Gasteiger partial charge in [0.15, 0.2) is 17.2 Å². The SMILES string of the molecule is CC(=O)N[C@H]1[C@H](OC(C)=O)[C@@H](OC(C)=O)[C@@H](Br)O[C@@H]1COC(C)=O. The lowest BCUT2D eigenvalue weighted by atomic mass is 9.96. The standard InChI is InChI=1S/C14H20BrNO8/c1-6(17)16-11-10(5-21-7(2)18)24-14(15)13(23-9(4)20)12(11)22-8(3)19/h10-14H,5H2,1-4H3,(H,16,17)/t10-,11-,12+,13-,14+/m1/s1. The molecule has 1 fully saturated rings. The predicted molar refractivity (Wildman–Crippen MR) is 82.9 cm³/mol. The zero-order valence-electron chi connectivity index (χ0n) is 13.7. The van der Waals surface area contributed by atoms with Crippen LogP contribution in [0.2, 0.25) is 0 Å². The lowest BCUT2D eigenvalue weighted by Gasteiger charge is -2.43. The van der Waals surface area contributed by atoms with Gasteiger partial charge in [-0.05, 0) is 0 Å². The quantitative estimate of drug-likeness (QED) is 0.384. The fourth-order valence-corrected chi connectivity index (χ4v) is 2.98. The van der Waals surface area contributed by atoms with Crippen LogP contribution in [0.4, 0.5) is 0 Å². The molecule has 24 heavy (non-hydrogen) atoms. The molecular formula is C14H20BrNO8. The summed E-state index contributed by atoms with van der Waals surface area (Å²) in [6, 6.07) is -0.871. The molecule has 0 bridgehead atoms. The smallest absolute Gasteiger partial charge is 0.303 e. The van der Waals surface area contributed by atoms with Gasteiger partial charge in [-0.15, -0.1) is 0 Å². The van der Waals surface area contributed by atoms with E-state index in [0.717, 1.165) is 0 Å². The molecule has 1 aliphatic heterocycles. The maximum absolute atomic E-state index is 11.5. The number of nitrogens with one attached hydrogen (secondary N) is 1. The molecular weight excluding hydrogens is 390 g/mol. The highest BCUT2D eigenvalue weighted by Gasteiger charge is 2.49. The fourth-order valence-electron chi connectivity index (χ4n) is 2.29. The Morgan fingerprint density at radius 2 is 1.50 bits per heavy atom. The molecule has 0 saturated carbocycles. The first-order valence-electron chi connectivity index (χ1n) is 7.16. The summed E-state index contributed by atoms with van der Waals surface area (Å²) in [7, 11) is 0. The van der Waals surface area contributed by atoms with Crippen LogP contribution in [0.1, 0.15) is 27.7 Å². The second-order valence-corrected chi connectivity index (χ2v) is 6.11. The van der Waals surface area contributed by atoms with Crippen LogP contribution >= 0.6 is 15.9 Å². The van der Waals surface area contributed by atoms with E-state index in [1.54, 1.807) is 0 Å². The summed E-state index contributed by atoms with van der Waals surface area (Å²) in [6.07, 6.45) is -2.82. The van der Waals surface area contributed by atoms with Crippen molar-refractivity contribution in [2.45, 2.75) is 57.1 Å². The molecule has 0 aromatic heterocycles. The highest BCUT2D eigenvalue weighted by Crippen LogP contribution is 2.29. The molecule has 1 rings (SSSR count). The first-order valence-corrected chi connectivity index (χ1v) is 8.07. The number of esters is 3. The van der Waals surface area contributed by atoms with E-state index in [1.807, 2.05) is 0 Å². The Balaban J connectivity index is 3.11. The molecule has 1 heterocycles. The molecule has 0 aliphatic carbocycles. The van der Waals surface area contributed by atoms with Gasteiger partial charge in [0.2, 0.25) is 5.91 Å². The van der Waals surface area contributed by atoms with Gasteiger partial charge in [0.25, 0.3) is 0 Å². The fraction of sp³-hybridized carbons (Fsp3) is 0.714. The second-order valence-electron chi connectivity index (χ2n) is 5.20. The molecule has 9 nitrogen and oxygen atoms in total. The van der Waals surface area contributed by atoms with Crippen molar-refractivity contribution in [3.63, 3.8) is 0 Å². The van der Waals surface area contributed by atoms with Crippen LogP contribution in [0.25, 0.3) is 0 Å². The van der Waals surface area contributed by atoms with Gasteiger partial charge in [0.1, 0.15) is 12.7 Å². The molecule has 136 valence electrons. The highest BCUT2D eigenvalue weighted by atomic mass is 79.9. The van der Waals surface area contributed by atoms with Crippen LogP contribution in [-0.2, 0) is 38.1 Å². The molecule has 10 heteroatoms. The molecule has 1 saturated heterocycles. The van der Waals surface area contributed by atoms with E-state index in [4.69, 9.17) is 18.9 Å². The number of rotatable bonds is 5. The number of amides is 1. The first kappa shape index (κ1) is 20.4. The van der Waals surface area contributed by atoms with E-state index in [-0.39, 0.29) is 6.61 Å². The van der Waals surface area contributed by atoms with Gasteiger partial charge < -0.3 is 24.3 Å². The molecule has 1 amide bonds. The number of carbonyl (C=O) groups is 4. The van der Waals surface area contributed by atoms with Gasteiger partial charge in [-0.1, -0.05) is 15.9 Å². The molecule has 5 atom stereocenters. The average molecular weight is 410 g/mol. The predicted octanol–water partition coefficient (Wildman–Crippen LogP) is 0.0374. The minimum atomic E-state index is -1.02. The molecule has 0 spiro atoms. The summed E-state index contributed by atoms with van der Waals surface area (Å²) < 4.78 is 21.0. The number of carbonyl (C=O) groups excluding carboxylic acids is 4. The lowest BCUT2D eigenvalue weighted by molar-refractivity contribution is -0.205. The summed E-state index contributed by atoms with van der Waals surface area (Å²) >= 11 is 3.21. The normalized spacial score (nSPS) is 29.3. The molecule has 1 aliphatic rings. The Bertz CT molecular complexity index is 511. The van der Waals surface area contributed by atoms with E-state index >= 15 is 0 Å². The van der Waals surface area contributed by atoms with Crippen molar-refractivity contribution >= 4 is 39.7 Å². The Morgan fingerprint density at radius 1 is 0.958 bits per heavy atom. The van der Waals surface area contributed by atoms with Crippen molar-refractivity contribution in [2.75, 3.05) is 6.61 Å². The van der Waals surface area contributed by atoms with Gasteiger partial charge in [-0.25, -0.2) is 0 Å². The number of hydrogen-bond donors (Lipinski definition) is 1. The summed E-state index contributed by atoms with van der Waals surface area (Å²) in [5.41, 5.74) is 0. The van der Waals surface area contributed by atoms with Gasteiger partial charge in [0, 0.05) is 27.7 Å². The minimum absolute atomic E-state index is 0.174. The van der Waals surface area contributed by atoms with Crippen LogP contribution in [0, 0.1) is 0 Å². The van der Waals surface area contributed by atoms with Crippen molar-refractivity contribution in [2.24, 2.45) is 0 Å². The average Bonchev–Trinajstić information content (AvgIpc) is 2.42. The Morgan fingerprint density at radius 3 is 1.96 bits per heavy atom. The summed E-state index contributed by atoms with van der Waals surface area (Å²) in [4.78, 5) is 45.3. The third-order valence-corrected chi connectivity index (χ3v) is 3.80. The monoisotopic (exact) mass is 409 g/mol. The van der Waals surface area contributed by atoms with Crippen molar-refractivity contribution in [1.82, 2.24) is 5.32 Å². The van der Waals surface area contributed by atoms with E-state index in [9.17, 15) is 19.2 Å². The summed E-state index contributed by atoms with van der Waals surface area (Å²) in [5, 5.41) is 1.77. The van der Waals surface area contributed by atoms with Crippen LogP contribution in [0.15, 0.2) is 0 Å². The number of hydrogen-bond acceptors (Lipinski definition) is 8. The van der Waals surface area contributed by atoms with Gasteiger partial charge in [0.05, 0.1) is 6.04 Å². The maximum atomic E-state index is 11.5. The molecule has 0 aromatic rings. The zero-order valence-corrected chi connectivity index (χ0v) is 15.3. The maximum Gasteiger partial charge on any atom is 0.303 e. The molecule has 0 unspecified atom stereocenters. The van der Waals surface area contributed by atoms with Gasteiger partial charge in [-0.2, -0.15) is 0 Å². The number of alkyl halides is 1. The lowest BCUT2D eigenvalue weighted by Crippen LogP contribution is -2.65. The third-order valence-electron chi connectivity index (χ3n) is 3.07. The Kier molecular flexibility index (Phi) is 7.61. The molecule has 0 radical (unpaired) electrons. The summed E-state index contributed by atoms with van der Waals surface area (Å²) in [5.74, 6) is -2.17. The number of ether oxygens (including phenoxy) is 4. The zero-order chi connectivity index (χ0) is 18.4. The van der Waals surface area contributed by atoms with Crippen molar-refractivity contribution < 1.29 is 38.1 Å². The third kappa shape index (κ3) is 6.08. The first-order chi connectivity index (χ1) is 11.1. The largest absolute Gasteiger partial charge is 0.463 e. The summed E-state index contributed by atoms with van der Waals surface area (Å²) in [6.45, 7) is 4.72.